The lowest BCUT2D eigenvalue weighted by Gasteiger charge is -2.13. The van der Waals surface area contributed by atoms with Crippen LogP contribution in [0.4, 0.5) is 0 Å². The zero-order chi connectivity index (χ0) is 33.3. The van der Waals surface area contributed by atoms with Crippen molar-refractivity contribution in [3.05, 3.63) is 176 Å². The minimum absolute atomic E-state index is 0.625. The van der Waals surface area contributed by atoms with Gasteiger partial charge in [0.15, 0.2) is 5.82 Å². The number of hydrogen-bond donors (Lipinski definition) is 0. The average Bonchev–Trinajstić information content (AvgIpc) is 3.21. The van der Waals surface area contributed by atoms with Gasteiger partial charge in [-0.2, -0.15) is 0 Å². The van der Waals surface area contributed by atoms with Crippen molar-refractivity contribution in [3.8, 4) is 67.4 Å². The molecule has 0 radical (unpaired) electrons. The second-order valence-corrected chi connectivity index (χ2v) is 12.2. The van der Waals surface area contributed by atoms with Crippen molar-refractivity contribution < 1.29 is 0 Å². The lowest BCUT2D eigenvalue weighted by Crippen LogP contribution is -1.96. The van der Waals surface area contributed by atoms with Crippen LogP contribution in [-0.2, 0) is 0 Å². The second kappa shape index (κ2) is 12.6. The van der Waals surface area contributed by atoms with Gasteiger partial charge in [0.2, 0.25) is 0 Å². The summed E-state index contributed by atoms with van der Waals surface area (Å²) >= 11 is 0. The van der Waals surface area contributed by atoms with Crippen LogP contribution in [0.3, 0.4) is 0 Å². The van der Waals surface area contributed by atoms with E-state index in [9.17, 15) is 0 Å². The zero-order valence-electron chi connectivity index (χ0n) is 27.0. The molecule has 0 amide bonds. The number of fused-ring (bicyclic) bond motifs is 3. The molecule has 0 atom stereocenters. The minimum Gasteiger partial charge on any atom is -0.264 e. The fourth-order valence-electron chi connectivity index (χ4n) is 6.55. The first-order valence-electron chi connectivity index (χ1n) is 16.6. The summed E-state index contributed by atoms with van der Waals surface area (Å²) < 4.78 is 0. The smallest absolute Gasteiger partial charge is 0.161 e. The van der Waals surface area contributed by atoms with Crippen molar-refractivity contribution in [2.75, 3.05) is 0 Å². The van der Waals surface area contributed by atoms with E-state index in [1.54, 1.807) is 18.6 Å². The summed E-state index contributed by atoms with van der Waals surface area (Å²) in [5.74, 6) is 0.625. The molecule has 234 valence electrons. The lowest BCUT2D eigenvalue weighted by atomic mass is 9.94. The van der Waals surface area contributed by atoms with Gasteiger partial charge in [-0.1, -0.05) is 109 Å². The summed E-state index contributed by atoms with van der Waals surface area (Å²) in [5.41, 5.74) is 12.1. The quantitative estimate of drug-likeness (QED) is 0.169. The highest BCUT2D eigenvalue weighted by Crippen LogP contribution is 2.37. The summed E-state index contributed by atoms with van der Waals surface area (Å²) in [6.07, 6.45) is 7.13. The van der Waals surface area contributed by atoms with E-state index in [-0.39, 0.29) is 0 Å². The Hall–Kier alpha value is -6.85. The molecule has 0 aliphatic heterocycles. The van der Waals surface area contributed by atoms with Crippen LogP contribution in [-0.4, -0.2) is 24.9 Å². The van der Waals surface area contributed by atoms with E-state index < -0.39 is 0 Å². The Kier molecular flexibility index (Phi) is 7.41. The topological polar surface area (TPSA) is 64.5 Å². The highest BCUT2D eigenvalue weighted by molar-refractivity contribution is 6.13. The van der Waals surface area contributed by atoms with Gasteiger partial charge in [-0.15, -0.1) is 0 Å². The summed E-state index contributed by atoms with van der Waals surface area (Å²) in [5, 5.41) is 3.61. The molecule has 9 aromatic rings. The van der Waals surface area contributed by atoms with E-state index in [4.69, 9.17) is 15.0 Å². The van der Waals surface area contributed by atoms with E-state index in [0.717, 1.165) is 56.0 Å². The van der Waals surface area contributed by atoms with E-state index in [2.05, 4.69) is 131 Å². The van der Waals surface area contributed by atoms with Crippen molar-refractivity contribution >= 4 is 21.7 Å². The number of aromatic nitrogens is 5. The van der Waals surface area contributed by atoms with Gasteiger partial charge in [-0.05, 0) is 75.5 Å². The number of rotatable bonds is 6. The molecule has 0 fully saturated rings. The van der Waals surface area contributed by atoms with Crippen molar-refractivity contribution in [1.82, 2.24) is 24.9 Å². The van der Waals surface area contributed by atoms with Gasteiger partial charge in [-0.25, -0.2) is 15.0 Å². The first kappa shape index (κ1) is 29.3. The summed E-state index contributed by atoms with van der Waals surface area (Å²) in [4.78, 5) is 23.5. The fourth-order valence-corrected chi connectivity index (χ4v) is 6.55. The third-order valence-corrected chi connectivity index (χ3v) is 9.08. The molecule has 4 heterocycles. The average molecular weight is 640 g/mol. The Labute approximate surface area is 289 Å². The maximum Gasteiger partial charge on any atom is 0.161 e. The first-order valence-corrected chi connectivity index (χ1v) is 16.6. The van der Waals surface area contributed by atoms with Gasteiger partial charge in [0.05, 0.1) is 22.6 Å². The molecule has 4 aromatic heterocycles. The fraction of sp³-hybridized carbons (Fsp3) is 0. The van der Waals surface area contributed by atoms with E-state index in [0.29, 0.717) is 5.82 Å². The Bertz CT molecular complexity index is 2550. The van der Waals surface area contributed by atoms with Crippen LogP contribution in [0.25, 0.3) is 89.1 Å². The second-order valence-electron chi connectivity index (χ2n) is 12.2. The van der Waals surface area contributed by atoms with Gasteiger partial charge in [-0.3, -0.25) is 9.97 Å². The van der Waals surface area contributed by atoms with Crippen LogP contribution >= 0.6 is 0 Å². The number of pyridine rings is 3. The third-order valence-electron chi connectivity index (χ3n) is 9.08. The molecule has 0 aliphatic rings. The minimum atomic E-state index is 0.625. The van der Waals surface area contributed by atoms with Crippen LogP contribution in [0, 0.1) is 0 Å². The number of hydrogen-bond acceptors (Lipinski definition) is 5. The molecule has 0 aliphatic carbocycles. The van der Waals surface area contributed by atoms with Gasteiger partial charge in [0.25, 0.3) is 0 Å². The lowest BCUT2D eigenvalue weighted by molar-refractivity contribution is 1.16. The van der Waals surface area contributed by atoms with Crippen LogP contribution in [0.15, 0.2) is 176 Å². The molecule has 0 saturated carbocycles. The van der Waals surface area contributed by atoms with E-state index >= 15 is 0 Å². The molecular weight excluding hydrogens is 611 g/mol. The van der Waals surface area contributed by atoms with Gasteiger partial charge < -0.3 is 0 Å². The third kappa shape index (κ3) is 5.57. The molecule has 0 spiro atoms. The molecule has 0 saturated heterocycles. The molecule has 5 heteroatoms. The van der Waals surface area contributed by atoms with Crippen LogP contribution in [0.2, 0.25) is 0 Å². The number of nitrogens with zero attached hydrogens (tertiary/aromatic N) is 5. The predicted molar refractivity (Wildman–Crippen MR) is 203 cm³/mol. The number of benzene rings is 5. The van der Waals surface area contributed by atoms with E-state index in [1.165, 1.54) is 27.3 Å². The normalized spacial score (nSPS) is 11.2. The van der Waals surface area contributed by atoms with Crippen LogP contribution in [0.5, 0.6) is 0 Å². The molecule has 5 nitrogen and oxygen atoms in total. The maximum absolute atomic E-state index is 5.17. The van der Waals surface area contributed by atoms with Crippen molar-refractivity contribution in [2.45, 2.75) is 0 Å². The first-order chi connectivity index (χ1) is 24.8. The highest BCUT2D eigenvalue weighted by atomic mass is 14.9. The standard InChI is InChI=1S/C45H29N5/c1-2-8-32(9-3-1)39-26-41(48-40-23-22-33-10-4-5-13-38(33)44(39)40)34-18-14-30(15-19-34)31-16-20-35(21-17-31)42-27-43(36-11-6-24-46-28-36)50-45(49-42)37-12-7-25-47-29-37/h1-29H. The maximum atomic E-state index is 5.17. The van der Waals surface area contributed by atoms with Crippen LogP contribution < -0.4 is 0 Å². The molecule has 0 bridgehead atoms. The Balaban J connectivity index is 1.06. The van der Waals surface area contributed by atoms with Crippen LogP contribution in [0.1, 0.15) is 0 Å². The Morgan fingerprint density at radius 2 is 0.920 bits per heavy atom. The summed E-state index contributed by atoms with van der Waals surface area (Å²) in [6, 6.07) is 52.7. The molecular formula is C45H29N5. The van der Waals surface area contributed by atoms with Crippen molar-refractivity contribution in [1.29, 1.82) is 0 Å². The molecule has 9 rings (SSSR count). The van der Waals surface area contributed by atoms with Crippen molar-refractivity contribution in [3.63, 3.8) is 0 Å². The summed E-state index contributed by atoms with van der Waals surface area (Å²) in [6.45, 7) is 0. The highest BCUT2D eigenvalue weighted by Gasteiger charge is 2.14. The molecule has 0 unspecified atom stereocenters. The Morgan fingerprint density at radius 1 is 0.360 bits per heavy atom. The van der Waals surface area contributed by atoms with Crippen molar-refractivity contribution in [2.24, 2.45) is 0 Å². The largest absolute Gasteiger partial charge is 0.264 e. The van der Waals surface area contributed by atoms with Gasteiger partial charge in [0.1, 0.15) is 0 Å². The summed E-state index contributed by atoms with van der Waals surface area (Å²) in [7, 11) is 0. The Morgan fingerprint density at radius 3 is 1.58 bits per heavy atom. The zero-order valence-corrected chi connectivity index (χ0v) is 27.0. The molecule has 5 aromatic carbocycles. The molecule has 0 N–H and O–H groups in total. The SMILES string of the molecule is c1ccc(-c2cc(-c3ccc(-c4ccc(-c5cc(-c6cccnc6)nc(-c6cccnc6)n5)cc4)cc3)nc3ccc4ccccc4c23)cc1. The van der Waals surface area contributed by atoms with Gasteiger partial charge in [0, 0.05) is 52.4 Å². The van der Waals surface area contributed by atoms with Gasteiger partial charge >= 0.3 is 0 Å². The predicted octanol–water partition coefficient (Wildman–Crippen LogP) is 11.0. The van der Waals surface area contributed by atoms with E-state index in [1.807, 2.05) is 36.5 Å². The molecule has 50 heavy (non-hydrogen) atoms. The monoisotopic (exact) mass is 639 g/mol.